The number of nitrogens with zero attached hydrogens (tertiary/aromatic N) is 4. The summed E-state index contributed by atoms with van der Waals surface area (Å²) in [5.74, 6) is -0.246. The first-order chi connectivity index (χ1) is 8.20. The molecule has 0 spiro atoms. The van der Waals surface area contributed by atoms with Crippen molar-refractivity contribution in [3.63, 3.8) is 0 Å². The molecule has 0 aliphatic heterocycles. The first kappa shape index (κ1) is 11.3. The molecule has 7 nitrogen and oxygen atoms in total. The van der Waals surface area contributed by atoms with E-state index in [2.05, 4.69) is 25.8 Å². The topological polar surface area (TPSA) is 88.5 Å². The summed E-state index contributed by atoms with van der Waals surface area (Å²) in [5.41, 5.74) is 2.30. The number of carbonyl (C=O) groups excluding carboxylic acids is 1. The Kier molecular flexibility index (Phi) is 3.17. The highest BCUT2D eigenvalue weighted by Crippen LogP contribution is 2.06. The molecule has 17 heavy (non-hydrogen) atoms. The second-order valence-corrected chi connectivity index (χ2v) is 3.67. The fourth-order valence-corrected chi connectivity index (χ4v) is 1.61. The van der Waals surface area contributed by atoms with Crippen molar-refractivity contribution >= 4 is 5.91 Å². The second-order valence-electron chi connectivity index (χ2n) is 3.67. The molecule has 0 fully saturated rings. The molecule has 2 aromatic rings. The Morgan fingerprint density at radius 1 is 1.59 bits per heavy atom. The number of aryl methyl sites for hydroxylation is 2. The van der Waals surface area contributed by atoms with Crippen molar-refractivity contribution in [2.24, 2.45) is 7.05 Å². The number of rotatable bonds is 4. The van der Waals surface area contributed by atoms with E-state index in [0.29, 0.717) is 6.54 Å². The molecule has 2 heterocycles. The lowest BCUT2D eigenvalue weighted by molar-refractivity contribution is 0.0946. The van der Waals surface area contributed by atoms with Crippen LogP contribution in [0.3, 0.4) is 0 Å². The molecule has 0 aliphatic carbocycles. The largest absolute Gasteiger partial charge is 0.346 e. The van der Waals surface area contributed by atoms with Crippen LogP contribution in [0.25, 0.3) is 0 Å². The first-order valence-electron chi connectivity index (χ1n) is 5.36. The predicted molar refractivity (Wildman–Crippen MR) is 60.1 cm³/mol. The van der Waals surface area contributed by atoms with Gasteiger partial charge < -0.3 is 5.32 Å². The summed E-state index contributed by atoms with van der Waals surface area (Å²) in [6, 6.07) is 0. The van der Waals surface area contributed by atoms with Gasteiger partial charge in [0.1, 0.15) is 0 Å². The van der Waals surface area contributed by atoms with E-state index in [1.54, 1.807) is 4.68 Å². The molecule has 0 saturated carbocycles. The van der Waals surface area contributed by atoms with Gasteiger partial charge in [0.25, 0.3) is 5.91 Å². The normalized spacial score (nSPS) is 10.5. The van der Waals surface area contributed by atoms with Crippen molar-refractivity contribution in [1.82, 2.24) is 30.5 Å². The van der Waals surface area contributed by atoms with Crippen molar-refractivity contribution in [2.45, 2.75) is 19.9 Å². The molecule has 0 radical (unpaired) electrons. The molecule has 90 valence electrons. The SMILES string of the molecule is CCc1nn(C)cc1CNC(=O)c1cn[nH]n1. The minimum atomic E-state index is -0.246. The average molecular weight is 234 g/mol. The third-order valence-electron chi connectivity index (χ3n) is 2.41. The number of H-pyrrole nitrogens is 1. The van der Waals surface area contributed by atoms with Crippen molar-refractivity contribution in [2.75, 3.05) is 0 Å². The molecule has 0 aliphatic rings. The van der Waals surface area contributed by atoms with E-state index < -0.39 is 0 Å². The highest BCUT2D eigenvalue weighted by atomic mass is 16.1. The summed E-state index contributed by atoms with van der Waals surface area (Å²) in [6.45, 7) is 2.48. The second kappa shape index (κ2) is 4.77. The van der Waals surface area contributed by atoms with Crippen molar-refractivity contribution in [3.8, 4) is 0 Å². The Bertz CT molecular complexity index is 501. The maximum atomic E-state index is 11.6. The Morgan fingerprint density at radius 2 is 2.41 bits per heavy atom. The van der Waals surface area contributed by atoms with Crippen LogP contribution in [0.5, 0.6) is 0 Å². The maximum Gasteiger partial charge on any atom is 0.273 e. The van der Waals surface area contributed by atoms with Crippen molar-refractivity contribution in [1.29, 1.82) is 0 Å². The van der Waals surface area contributed by atoms with Gasteiger partial charge in [-0.05, 0) is 6.42 Å². The van der Waals surface area contributed by atoms with Crippen LogP contribution in [0.4, 0.5) is 0 Å². The monoisotopic (exact) mass is 234 g/mol. The minimum Gasteiger partial charge on any atom is -0.346 e. The number of aromatic amines is 1. The van der Waals surface area contributed by atoms with Gasteiger partial charge in [0, 0.05) is 25.4 Å². The van der Waals surface area contributed by atoms with Gasteiger partial charge in [-0.3, -0.25) is 9.48 Å². The minimum absolute atomic E-state index is 0.246. The Morgan fingerprint density at radius 3 is 3.06 bits per heavy atom. The van der Waals surface area contributed by atoms with E-state index in [-0.39, 0.29) is 11.6 Å². The van der Waals surface area contributed by atoms with Crippen LogP contribution in [-0.2, 0) is 20.0 Å². The van der Waals surface area contributed by atoms with E-state index in [4.69, 9.17) is 0 Å². The van der Waals surface area contributed by atoms with Crippen LogP contribution in [0.15, 0.2) is 12.4 Å². The van der Waals surface area contributed by atoms with E-state index >= 15 is 0 Å². The fraction of sp³-hybridized carbons (Fsp3) is 0.400. The average Bonchev–Trinajstić information content (AvgIpc) is 2.94. The summed E-state index contributed by atoms with van der Waals surface area (Å²) in [5, 5.41) is 16.8. The fourth-order valence-electron chi connectivity index (χ4n) is 1.61. The molecule has 1 amide bonds. The molecule has 0 aromatic carbocycles. The van der Waals surface area contributed by atoms with Gasteiger partial charge in [-0.15, -0.1) is 0 Å². The zero-order chi connectivity index (χ0) is 12.3. The molecule has 2 N–H and O–H groups in total. The number of amides is 1. The van der Waals surface area contributed by atoms with Crippen molar-refractivity contribution < 1.29 is 4.79 Å². The lowest BCUT2D eigenvalue weighted by Crippen LogP contribution is -2.23. The number of hydrogen-bond donors (Lipinski definition) is 2. The summed E-state index contributed by atoms with van der Waals surface area (Å²) in [6.07, 6.45) is 4.14. The van der Waals surface area contributed by atoms with Gasteiger partial charge in [-0.2, -0.15) is 20.5 Å². The zero-order valence-corrected chi connectivity index (χ0v) is 9.77. The quantitative estimate of drug-likeness (QED) is 0.781. The smallest absolute Gasteiger partial charge is 0.273 e. The van der Waals surface area contributed by atoms with Crippen molar-refractivity contribution in [3.05, 3.63) is 29.3 Å². The van der Waals surface area contributed by atoms with Crippen LogP contribution in [0.1, 0.15) is 28.7 Å². The number of nitrogens with one attached hydrogen (secondary N) is 2. The zero-order valence-electron chi connectivity index (χ0n) is 9.77. The first-order valence-corrected chi connectivity index (χ1v) is 5.36. The Hall–Kier alpha value is -2.18. The Labute approximate surface area is 98.2 Å². The molecule has 0 saturated heterocycles. The molecule has 0 unspecified atom stereocenters. The summed E-state index contributed by atoms with van der Waals surface area (Å²) in [7, 11) is 1.86. The van der Waals surface area contributed by atoms with Gasteiger partial charge in [-0.25, -0.2) is 0 Å². The highest BCUT2D eigenvalue weighted by molar-refractivity contribution is 5.91. The lowest BCUT2D eigenvalue weighted by Gasteiger charge is -2.01. The molecule has 0 atom stereocenters. The standard InChI is InChI=1S/C10H14N6O/c1-3-8-7(6-16(2)14-8)4-11-10(17)9-5-12-15-13-9/h5-6H,3-4H2,1-2H3,(H,11,17)(H,12,13,15). The molecular weight excluding hydrogens is 220 g/mol. The van der Waals surface area contributed by atoms with E-state index in [1.807, 2.05) is 20.2 Å². The van der Waals surface area contributed by atoms with Gasteiger partial charge in [0.2, 0.25) is 0 Å². The molecule has 2 rings (SSSR count). The summed E-state index contributed by atoms with van der Waals surface area (Å²) in [4.78, 5) is 11.6. The summed E-state index contributed by atoms with van der Waals surface area (Å²) < 4.78 is 1.75. The van der Waals surface area contributed by atoms with E-state index in [9.17, 15) is 4.79 Å². The Balaban J connectivity index is 2.00. The van der Waals surface area contributed by atoms with Gasteiger partial charge >= 0.3 is 0 Å². The maximum absolute atomic E-state index is 11.6. The highest BCUT2D eigenvalue weighted by Gasteiger charge is 2.10. The third kappa shape index (κ3) is 2.49. The van der Waals surface area contributed by atoms with Crippen LogP contribution >= 0.6 is 0 Å². The van der Waals surface area contributed by atoms with E-state index in [0.717, 1.165) is 17.7 Å². The van der Waals surface area contributed by atoms with Crippen LogP contribution in [0, 0.1) is 0 Å². The molecule has 0 bridgehead atoms. The van der Waals surface area contributed by atoms with Crippen LogP contribution < -0.4 is 5.32 Å². The molecule has 2 aromatic heterocycles. The number of aromatic nitrogens is 5. The number of carbonyl (C=O) groups is 1. The van der Waals surface area contributed by atoms with E-state index in [1.165, 1.54) is 6.20 Å². The third-order valence-corrected chi connectivity index (χ3v) is 2.41. The molecule has 7 heteroatoms. The lowest BCUT2D eigenvalue weighted by atomic mass is 10.2. The molecular formula is C10H14N6O. The van der Waals surface area contributed by atoms with Gasteiger partial charge in [-0.1, -0.05) is 6.92 Å². The van der Waals surface area contributed by atoms with Crippen LogP contribution in [0.2, 0.25) is 0 Å². The summed E-state index contributed by atoms with van der Waals surface area (Å²) >= 11 is 0. The predicted octanol–water partition coefficient (Wildman–Crippen LogP) is 0.0306. The number of hydrogen-bond acceptors (Lipinski definition) is 4. The van der Waals surface area contributed by atoms with Gasteiger partial charge in [0.15, 0.2) is 5.69 Å². The van der Waals surface area contributed by atoms with Gasteiger partial charge in [0.05, 0.1) is 11.9 Å². The van der Waals surface area contributed by atoms with Crippen LogP contribution in [-0.4, -0.2) is 31.1 Å².